The van der Waals surface area contributed by atoms with Gasteiger partial charge in [-0.3, -0.25) is 9.69 Å². The Hall–Kier alpha value is -0.810. The van der Waals surface area contributed by atoms with Gasteiger partial charge in [-0.05, 0) is 24.8 Å². The molecule has 0 aromatic heterocycles. The molecule has 1 saturated heterocycles. The highest BCUT2D eigenvalue weighted by Crippen LogP contribution is 2.32. The number of rotatable bonds is 4. The van der Waals surface area contributed by atoms with Gasteiger partial charge >= 0.3 is 0 Å². The lowest BCUT2D eigenvalue weighted by Crippen LogP contribution is -2.47. The van der Waals surface area contributed by atoms with Crippen LogP contribution in [-0.2, 0) is 11.3 Å². The third kappa shape index (κ3) is 4.58. The Labute approximate surface area is 138 Å². The molecule has 118 valence electrons. The molecule has 21 heavy (non-hydrogen) atoms. The Bertz CT molecular complexity index is 465. The number of nitrogens with zero attached hydrogens (tertiary/aromatic N) is 1. The zero-order chi connectivity index (χ0) is 13.3. The van der Waals surface area contributed by atoms with Crippen LogP contribution in [0.4, 0.5) is 0 Å². The van der Waals surface area contributed by atoms with Crippen LogP contribution in [0.25, 0.3) is 0 Å². The van der Waals surface area contributed by atoms with Crippen molar-refractivity contribution in [1.82, 2.24) is 10.2 Å². The third-order valence-corrected chi connectivity index (χ3v) is 4.10. The molecule has 1 aromatic rings. The van der Waals surface area contributed by atoms with Crippen LogP contribution in [0.15, 0.2) is 30.3 Å². The van der Waals surface area contributed by atoms with Gasteiger partial charge in [-0.15, -0.1) is 24.8 Å². The highest BCUT2D eigenvalue weighted by atomic mass is 35.5. The number of nitrogens with one attached hydrogen (secondary N) is 1. The van der Waals surface area contributed by atoms with E-state index in [-0.39, 0.29) is 36.8 Å². The van der Waals surface area contributed by atoms with E-state index in [4.69, 9.17) is 5.73 Å². The molecule has 1 aliphatic heterocycles. The summed E-state index contributed by atoms with van der Waals surface area (Å²) in [4.78, 5) is 14.3. The SMILES string of the molecule is Cl.Cl.NC1(C(=O)NC2CCN(Cc3ccccc3)C2)CC1. The first kappa shape index (κ1) is 18.2. The van der Waals surface area contributed by atoms with Crippen LogP contribution in [0.2, 0.25) is 0 Å². The molecule has 3 N–H and O–H groups in total. The number of benzene rings is 1. The number of hydrogen-bond acceptors (Lipinski definition) is 3. The van der Waals surface area contributed by atoms with Crippen molar-refractivity contribution >= 4 is 30.7 Å². The Balaban J connectivity index is 0.00000110. The number of carbonyl (C=O) groups excluding carboxylic acids is 1. The van der Waals surface area contributed by atoms with Gasteiger partial charge in [0.15, 0.2) is 0 Å². The minimum absolute atomic E-state index is 0. The maximum Gasteiger partial charge on any atom is 0.240 e. The van der Waals surface area contributed by atoms with Crippen LogP contribution >= 0.6 is 24.8 Å². The molecular weight excluding hydrogens is 309 g/mol. The van der Waals surface area contributed by atoms with Crippen LogP contribution < -0.4 is 11.1 Å². The molecule has 1 saturated carbocycles. The second-order valence-corrected chi connectivity index (χ2v) is 5.84. The van der Waals surface area contributed by atoms with Crippen LogP contribution in [-0.4, -0.2) is 35.5 Å². The average Bonchev–Trinajstić information content (AvgIpc) is 3.02. The summed E-state index contributed by atoms with van der Waals surface area (Å²) < 4.78 is 0. The van der Waals surface area contributed by atoms with Crippen molar-refractivity contribution in [1.29, 1.82) is 0 Å². The largest absolute Gasteiger partial charge is 0.350 e. The van der Waals surface area contributed by atoms with E-state index >= 15 is 0 Å². The first-order chi connectivity index (χ1) is 9.16. The minimum Gasteiger partial charge on any atom is -0.350 e. The van der Waals surface area contributed by atoms with E-state index in [1.807, 2.05) is 6.07 Å². The van der Waals surface area contributed by atoms with Gasteiger partial charge in [0.2, 0.25) is 5.91 Å². The molecule has 0 radical (unpaired) electrons. The van der Waals surface area contributed by atoms with E-state index in [2.05, 4.69) is 34.5 Å². The summed E-state index contributed by atoms with van der Waals surface area (Å²) in [5.41, 5.74) is 6.68. The standard InChI is InChI=1S/C15H21N3O.2ClH/c16-15(7-8-15)14(19)17-13-6-9-18(11-13)10-12-4-2-1-3-5-12;;/h1-5,13H,6-11,16H2,(H,17,19);2*1H. The lowest BCUT2D eigenvalue weighted by atomic mass is 10.2. The van der Waals surface area contributed by atoms with Crippen molar-refractivity contribution in [3.8, 4) is 0 Å². The smallest absolute Gasteiger partial charge is 0.240 e. The third-order valence-electron chi connectivity index (χ3n) is 4.10. The monoisotopic (exact) mass is 331 g/mol. The molecule has 2 fully saturated rings. The van der Waals surface area contributed by atoms with Crippen LogP contribution in [0.1, 0.15) is 24.8 Å². The number of hydrogen-bond donors (Lipinski definition) is 2. The average molecular weight is 332 g/mol. The molecule has 3 rings (SSSR count). The topological polar surface area (TPSA) is 58.4 Å². The number of nitrogens with two attached hydrogens (primary N) is 1. The normalized spacial score (nSPS) is 22.8. The summed E-state index contributed by atoms with van der Waals surface area (Å²) in [7, 11) is 0. The van der Waals surface area contributed by atoms with Gasteiger partial charge in [0.05, 0.1) is 5.54 Å². The maximum atomic E-state index is 11.9. The zero-order valence-corrected chi connectivity index (χ0v) is 13.6. The Morgan fingerprint density at radius 1 is 1.29 bits per heavy atom. The molecule has 0 spiro atoms. The predicted molar refractivity (Wildman–Crippen MR) is 88.9 cm³/mol. The van der Waals surface area contributed by atoms with Crippen molar-refractivity contribution in [2.75, 3.05) is 13.1 Å². The quantitative estimate of drug-likeness (QED) is 0.883. The first-order valence-corrected chi connectivity index (χ1v) is 7.02. The molecule has 1 atom stereocenters. The lowest BCUT2D eigenvalue weighted by Gasteiger charge is -2.18. The van der Waals surface area contributed by atoms with E-state index in [0.29, 0.717) is 0 Å². The number of amides is 1. The summed E-state index contributed by atoms with van der Waals surface area (Å²) >= 11 is 0. The molecule has 1 aromatic carbocycles. The van der Waals surface area contributed by atoms with E-state index in [9.17, 15) is 4.79 Å². The second kappa shape index (κ2) is 7.45. The van der Waals surface area contributed by atoms with Gasteiger partial charge in [-0.2, -0.15) is 0 Å². The number of likely N-dealkylation sites (tertiary alicyclic amines) is 1. The molecule has 1 heterocycles. The van der Waals surface area contributed by atoms with E-state index in [1.165, 1.54) is 5.56 Å². The fourth-order valence-corrected chi connectivity index (χ4v) is 2.63. The zero-order valence-electron chi connectivity index (χ0n) is 12.0. The van der Waals surface area contributed by atoms with E-state index < -0.39 is 5.54 Å². The fraction of sp³-hybridized carbons (Fsp3) is 0.533. The molecule has 6 heteroatoms. The van der Waals surface area contributed by atoms with Gasteiger partial charge < -0.3 is 11.1 Å². The van der Waals surface area contributed by atoms with Crippen molar-refractivity contribution in [3.05, 3.63) is 35.9 Å². The number of halogens is 2. The van der Waals surface area contributed by atoms with Crippen molar-refractivity contribution < 1.29 is 4.79 Å². The van der Waals surface area contributed by atoms with Gasteiger partial charge in [-0.25, -0.2) is 0 Å². The van der Waals surface area contributed by atoms with Crippen LogP contribution in [0.5, 0.6) is 0 Å². The van der Waals surface area contributed by atoms with Crippen molar-refractivity contribution in [2.45, 2.75) is 37.4 Å². The van der Waals surface area contributed by atoms with Crippen molar-refractivity contribution in [3.63, 3.8) is 0 Å². The molecule has 2 aliphatic rings. The summed E-state index contributed by atoms with van der Waals surface area (Å²) in [5, 5.41) is 3.09. The molecule has 0 bridgehead atoms. The lowest BCUT2D eigenvalue weighted by molar-refractivity contribution is -0.123. The van der Waals surface area contributed by atoms with Crippen LogP contribution in [0.3, 0.4) is 0 Å². The predicted octanol–water partition coefficient (Wildman–Crippen LogP) is 1.71. The van der Waals surface area contributed by atoms with E-state index in [0.717, 1.165) is 38.9 Å². The molecule has 1 amide bonds. The van der Waals surface area contributed by atoms with E-state index in [1.54, 1.807) is 0 Å². The molecule has 1 unspecified atom stereocenters. The van der Waals surface area contributed by atoms with Gasteiger partial charge in [0.25, 0.3) is 0 Å². The summed E-state index contributed by atoms with van der Waals surface area (Å²) in [5.74, 6) is 0.0408. The van der Waals surface area contributed by atoms with Crippen LogP contribution in [0, 0.1) is 0 Å². The molecular formula is C15H23Cl2N3O. The summed E-state index contributed by atoms with van der Waals surface area (Å²) in [6.45, 7) is 2.93. The van der Waals surface area contributed by atoms with Crippen molar-refractivity contribution in [2.24, 2.45) is 5.73 Å². The summed E-state index contributed by atoms with van der Waals surface area (Å²) in [6, 6.07) is 10.7. The highest BCUT2D eigenvalue weighted by molar-refractivity contribution is 5.89. The molecule has 4 nitrogen and oxygen atoms in total. The Morgan fingerprint density at radius 2 is 1.95 bits per heavy atom. The Kier molecular flexibility index (Phi) is 6.47. The summed E-state index contributed by atoms with van der Waals surface area (Å²) in [6.07, 6.45) is 2.69. The Morgan fingerprint density at radius 3 is 2.57 bits per heavy atom. The van der Waals surface area contributed by atoms with Gasteiger partial charge in [0, 0.05) is 25.7 Å². The fourth-order valence-electron chi connectivity index (χ4n) is 2.63. The maximum absolute atomic E-state index is 11.9. The van der Waals surface area contributed by atoms with Gasteiger partial charge in [0.1, 0.15) is 0 Å². The second-order valence-electron chi connectivity index (χ2n) is 5.84. The minimum atomic E-state index is -0.549. The first-order valence-electron chi connectivity index (χ1n) is 7.02. The highest BCUT2D eigenvalue weighted by Gasteiger charge is 2.46. The molecule has 1 aliphatic carbocycles. The van der Waals surface area contributed by atoms with Gasteiger partial charge in [-0.1, -0.05) is 30.3 Å². The number of carbonyl (C=O) groups is 1.